The third-order valence-corrected chi connectivity index (χ3v) is 3.38. The quantitative estimate of drug-likeness (QED) is 0.276. The van der Waals surface area contributed by atoms with Crippen LogP contribution in [0.2, 0.25) is 0 Å². The Morgan fingerprint density at radius 1 is 0.952 bits per heavy atom. The smallest absolute Gasteiger partial charge is 0.306 e. The maximum absolute atomic E-state index is 11.5. The van der Waals surface area contributed by atoms with Crippen molar-refractivity contribution in [3.05, 3.63) is 0 Å². The van der Waals surface area contributed by atoms with Crippen LogP contribution in [0.25, 0.3) is 0 Å². The Kier molecular flexibility index (Phi) is 15.2. The second-order valence-electron chi connectivity index (χ2n) is 5.37. The van der Waals surface area contributed by atoms with Gasteiger partial charge in [-0.25, -0.2) is 0 Å². The summed E-state index contributed by atoms with van der Waals surface area (Å²) in [6.45, 7) is 1.52. The fourth-order valence-electron chi connectivity index (χ4n) is 2.13. The van der Waals surface area contributed by atoms with E-state index in [1.165, 1.54) is 38.5 Å². The van der Waals surface area contributed by atoms with Gasteiger partial charge in [0.25, 0.3) is 0 Å². The minimum absolute atomic E-state index is 0.0243. The van der Waals surface area contributed by atoms with Gasteiger partial charge in [0.1, 0.15) is 12.9 Å². The summed E-state index contributed by atoms with van der Waals surface area (Å²) in [5, 5.41) is 17.5. The molecule has 0 aromatic heterocycles. The van der Waals surface area contributed by atoms with Gasteiger partial charge in [-0.3, -0.25) is 4.79 Å². The number of rotatable bonds is 15. The number of aliphatic hydroxyl groups excluding tert-OH is 2. The first-order valence-corrected chi connectivity index (χ1v) is 8.23. The molecule has 0 aliphatic carbocycles. The summed E-state index contributed by atoms with van der Waals surface area (Å²) in [6, 6.07) is 0. The molecule has 0 aliphatic rings. The zero-order valence-electron chi connectivity index (χ0n) is 13.4. The number of hydrogen-bond acceptors (Lipinski definition) is 5. The van der Waals surface area contributed by atoms with Crippen LogP contribution in [0, 0.1) is 0 Å². The molecule has 21 heavy (non-hydrogen) atoms. The molecule has 2 N–H and O–H groups in total. The molecule has 5 heteroatoms. The standard InChI is InChI=1S/C16H32O5/c1-2-3-4-5-6-7-8-9-10-11-16(19)21-15(12-17)13-20-14-18/h15,17-18H,2-14H2,1H3/t15-/m1/s1. The molecule has 0 amide bonds. The molecular weight excluding hydrogens is 272 g/mol. The van der Waals surface area contributed by atoms with E-state index in [0.717, 1.165) is 19.3 Å². The van der Waals surface area contributed by atoms with E-state index in [-0.39, 0.29) is 19.2 Å². The van der Waals surface area contributed by atoms with Gasteiger partial charge in [-0.15, -0.1) is 0 Å². The molecule has 0 bridgehead atoms. The largest absolute Gasteiger partial charge is 0.457 e. The van der Waals surface area contributed by atoms with Crippen LogP contribution >= 0.6 is 0 Å². The maximum Gasteiger partial charge on any atom is 0.306 e. The first-order valence-electron chi connectivity index (χ1n) is 8.23. The molecule has 0 aromatic rings. The van der Waals surface area contributed by atoms with Crippen LogP contribution in [-0.4, -0.2) is 42.3 Å². The molecule has 0 aromatic carbocycles. The van der Waals surface area contributed by atoms with Crippen LogP contribution in [0.15, 0.2) is 0 Å². The van der Waals surface area contributed by atoms with Gasteiger partial charge < -0.3 is 19.7 Å². The topological polar surface area (TPSA) is 76.0 Å². The molecule has 1 atom stereocenters. The van der Waals surface area contributed by atoms with Gasteiger partial charge >= 0.3 is 5.97 Å². The van der Waals surface area contributed by atoms with E-state index in [4.69, 9.17) is 19.7 Å². The molecule has 0 aliphatic heterocycles. The van der Waals surface area contributed by atoms with Gasteiger partial charge in [-0.1, -0.05) is 58.3 Å². The molecule has 0 heterocycles. The van der Waals surface area contributed by atoms with Crippen LogP contribution in [0.5, 0.6) is 0 Å². The van der Waals surface area contributed by atoms with E-state index in [1.54, 1.807) is 0 Å². The Morgan fingerprint density at radius 2 is 1.52 bits per heavy atom. The third-order valence-electron chi connectivity index (χ3n) is 3.38. The zero-order chi connectivity index (χ0) is 15.8. The minimum Gasteiger partial charge on any atom is -0.457 e. The highest BCUT2D eigenvalue weighted by Gasteiger charge is 2.13. The van der Waals surface area contributed by atoms with Gasteiger partial charge in [0, 0.05) is 6.42 Å². The number of ether oxygens (including phenoxy) is 2. The highest BCUT2D eigenvalue weighted by atomic mass is 16.6. The molecule has 0 saturated carbocycles. The van der Waals surface area contributed by atoms with Crippen molar-refractivity contribution in [2.45, 2.75) is 77.2 Å². The fourth-order valence-corrected chi connectivity index (χ4v) is 2.13. The van der Waals surface area contributed by atoms with Crippen LogP contribution in [-0.2, 0) is 14.3 Å². The van der Waals surface area contributed by atoms with Crippen LogP contribution in [0.1, 0.15) is 71.1 Å². The molecule has 0 rings (SSSR count). The lowest BCUT2D eigenvalue weighted by Crippen LogP contribution is -2.27. The average molecular weight is 304 g/mol. The summed E-state index contributed by atoms with van der Waals surface area (Å²) >= 11 is 0. The average Bonchev–Trinajstić information content (AvgIpc) is 2.49. The van der Waals surface area contributed by atoms with Crippen LogP contribution in [0.3, 0.4) is 0 Å². The first-order chi connectivity index (χ1) is 10.2. The SMILES string of the molecule is CCCCCCCCCCCC(=O)O[C@H](CO)COCO. The molecular formula is C16H32O5. The first kappa shape index (κ1) is 20.3. The van der Waals surface area contributed by atoms with Crippen molar-refractivity contribution in [3.63, 3.8) is 0 Å². The number of carbonyl (C=O) groups excluding carboxylic acids is 1. The Labute approximate surface area is 128 Å². The monoisotopic (exact) mass is 304 g/mol. The minimum atomic E-state index is -0.678. The normalized spacial score (nSPS) is 12.3. The van der Waals surface area contributed by atoms with E-state index in [9.17, 15) is 4.79 Å². The predicted octanol–water partition coefficient (Wildman–Crippen LogP) is 2.78. The van der Waals surface area contributed by atoms with E-state index in [2.05, 4.69) is 6.92 Å². The Hall–Kier alpha value is -0.650. The van der Waals surface area contributed by atoms with Gasteiger partial charge in [-0.2, -0.15) is 0 Å². The molecule has 0 fully saturated rings. The summed E-state index contributed by atoms with van der Waals surface area (Å²) < 4.78 is 9.75. The van der Waals surface area contributed by atoms with E-state index < -0.39 is 12.9 Å². The van der Waals surface area contributed by atoms with E-state index >= 15 is 0 Å². The summed E-state index contributed by atoms with van der Waals surface area (Å²) in [4.78, 5) is 11.5. The van der Waals surface area contributed by atoms with Gasteiger partial charge in [0.2, 0.25) is 0 Å². The van der Waals surface area contributed by atoms with Crippen molar-refractivity contribution in [2.75, 3.05) is 20.0 Å². The van der Waals surface area contributed by atoms with Gasteiger partial charge in [0.15, 0.2) is 0 Å². The van der Waals surface area contributed by atoms with Crippen molar-refractivity contribution in [1.82, 2.24) is 0 Å². The summed E-state index contributed by atoms with van der Waals surface area (Å²) in [7, 11) is 0. The number of hydrogen-bond donors (Lipinski definition) is 2. The van der Waals surface area contributed by atoms with Crippen molar-refractivity contribution >= 4 is 5.97 Å². The van der Waals surface area contributed by atoms with Gasteiger partial charge in [0.05, 0.1) is 13.2 Å². The molecule has 5 nitrogen and oxygen atoms in total. The van der Waals surface area contributed by atoms with E-state index in [0.29, 0.717) is 6.42 Å². The molecule has 0 radical (unpaired) electrons. The predicted molar refractivity (Wildman–Crippen MR) is 81.8 cm³/mol. The van der Waals surface area contributed by atoms with Crippen molar-refractivity contribution in [2.24, 2.45) is 0 Å². The lowest BCUT2D eigenvalue weighted by Gasteiger charge is -2.14. The maximum atomic E-state index is 11.5. The van der Waals surface area contributed by atoms with E-state index in [1.807, 2.05) is 0 Å². The Morgan fingerprint density at radius 3 is 2.05 bits per heavy atom. The summed E-state index contributed by atoms with van der Waals surface area (Å²) in [6.07, 6.45) is 10.5. The molecule has 0 spiro atoms. The van der Waals surface area contributed by atoms with Crippen LogP contribution in [0.4, 0.5) is 0 Å². The molecule has 0 saturated heterocycles. The Balaban J connectivity index is 3.40. The highest BCUT2D eigenvalue weighted by Crippen LogP contribution is 2.11. The lowest BCUT2D eigenvalue weighted by atomic mass is 10.1. The lowest BCUT2D eigenvalue weighted by molar-refractivity contribution is -0.157. The second kappa shape index (κ2) is 15.7. The summed E-state index contributed by atoms with van der Waals surface area (Å²) in [5.74, 6) is -0.307. The van der Waals surface area contributed by atoms with Crippen LogP contribution < -0.4 is 0 Å². The highest BCUT2D eigenvalue weighted by molar-refractivity contribution is 5.69. The molecule has 0 unspecified atom stereocenters. The summed E-state index contributed by atoms with van der Waals surface area (Å²) in [5.41, 5.74) is 0. The fraction of sp³-hybridized carbons (Fsp3) is 0.938. The number of esters is 1. The Bertz CT molecular complexity index is 233. The van der Waals surface area contributed by atoms with Crippen molar-refractivity contribution < 1.29 is 24.5 Å². The molecule has 126 valence electrons. The third kappa shape index (κ3) is 14.1. The number of carbonyl (C=O) groups is 1. The number of aliphatic hydroxyl groups is 2. The second-order valence-corrected chi connectivity index (χ2v) is 5.37. The van der Waals surface area contributed by atoms with Crippen molar-refractivity contribution in [1.29, 1.82) is 0 Å². The van der Waals surface area contributed by atoms with Gasteiger partial charge in [-0.05, 0) is 6.42 Å². The van der Waals surface area contributed by atoms with Crippen molar-refractivity contribution in [3.8, 4) is 0 Å². The zero-order valence-corrected chi connectivity index (χ0v) is 13.4. The number of unbranched alkanes of at least 4 members (excludes halogenated alkanes) is 8.